The standard InChI is InChI=1S/C16H20F13NO2.CO2/c1-3-30(8-11(31)32-2)5-4-9(13(18,19)20)6-10(14(21,22)23)7-12(17,15(24,25)26)16(27,28)29;2-1-3/h9-10H,3-8H2,1-2H3;. The molecule has 0 aromatic heterocycles. The van der Waals surface area contributed by atoms with Crippen molar-refractivity contribution >= 4 is 12.1 Å². The van der Waals surface area contributed by atoms with E-state index in [4.69, 9.17) is 9.59 Å². The first-order chi connectivity index (χ1) is 15.5. The third kappa shape index (κ3) is 11.5. The van der Waals surface area contributed by atoms with Crippen LogP contribution in [0.25, 0.3) is 0 Å². The molecule has 0 amide bonds. The van der Waals surface area contributed by atoms with Gasteiger partial charge in [-0.3, -0.25) is 9.69 Å². The van der Waals surface area contributed by atoms with Gasteiger partial charge in [-0.15, -0.1) is 0 Å². The highest BCUT2D eigenvalue weighted by Gasteiger charge is 2.74. The molecule has 5 nitrogen and oxygen atoms in total. The topological polar surface area (TPSA) is 63.7 Å². The van der Waals surface area contributed by atoms with Crippen LogP contribution in [0.4, 0.5) is 57.1 Å². The normalized spacial score (nSPS) is 15.1. The van der Waals surface area contributed by atoms with Gasteiger partial charge in [-0.2, -0.15) is 62.3 Å². The first-order valence-electron chi connectivity index (χ1n) is 9.25. The summed E-state index contributed by atoms with van der Waals surface area (Å²) in [6.45, 7) is 0.0575. The third-order valence-corrected chi connectivity index (χ3v) is 4.74. The maximum Gasteiger partial charge on any atom is 0.431 e. The molecule has 0 fully saturated rings. The summed E-state index contributed by atoms with van der Waals surface area (Å²) >= 11 is 0. The number of methoxy groups -OCH3 is 1. The minimum atomic E-state index is -6.85. The summed E-state index contributed by atoms with van der Waals surface area (Å²) in [7, 11) is 0.952. The number of hydrogen-bond acceptors (Lipinski definition) is 5. The quantitative estimate of drug-likeness (QED) is 0.275. The molecule has 0 heterocycles. The lowest BCUT2D eigenvalue weighted by Gasteiger charge is -2.35. The number of ether oxygens (including phenoxy) is 1. The van der Waals surface area contributed by atoms with Crippen LogP contribution in [0.3, 0.4) is 0 Å². The molecule has 0 aromatic carbocycles. The first kappa shape index (κ1) is 35.1. The molecule has 2 unspecified atom stereocenters. The highest BCUT2D eigenvalue weighted by atomic mass is 19.4. The van der Waals surface area contributed by atoms with Crippen molar-refractivity contribution in [3.63, 3.8) is 0 Å². The molecule has 0 rings (SSSR count). The van der Waals surface area contributed by atoms with E-state index < -0.39 is 80.5 Å². The zero-order valence-corrected chi connectivity index (χ0v) is 17.9. The molecule has 35 heavy (non-hydrogen) atoms. The lowest BCUT2D eigenvalue weighted by Crippen LogP contribution is -2.55. The van der Waals surface area contributed by atoms with E-state index >= 15 is 0 Å². The van der Waals surface area contributed by atoms with Gasteiger partial charge >= 0.3 is 36.8 Å². The fourth-order valence-corrected chi connectivity index (χ4v) is 2.76. The predicted molar refractivity (Wildman–Crippen MR) is 88.0 cm³/mol. The number of carbonyl (C=O) groups is 1. The number of nitrogens with zero attached hydrogens (tertiary/aromatic N) is 1. The zero-order valence-electron chi connectivity index (χ0n) is 17.9. The van der Waals surface area contributed by atoms with Crippen LogP contribution in [0.15, 0.2) is 0 Å². The van der Waals surface area contributed by atoms with Crippen molar-refractivity contribution in [2.45, 2.75) is 56.6 Å². The van der Waals surface area contributed by atoms with E-state index in [0.717, 1.165) is 12.0 Å². The van der Waals surface area contributed by atoms with Gasteiger partial charge in [-0.05, 0) is 25.9 Å². The van der Waals surface area contributed by atoms with Gasteiger partial charge in [-0.1, -0.05) is 6.92 Å². The highest BCUT2D eigenvalue weighted by Crippen LogP contribution is 2.53. The Hall–Kier alpha value is -2.10. The molecule has 2 atom stereocenters. The van der Waals surface area contributed by atoms with Crippen molar-refractivity contribution < 1.29 is 76.2 Å². The number of halogens is 13. The van der Waals surface area contributed by atoms with Crippen LogP contribution in [-0.2, 0) is 19.1 Å². The maximum atomic E-state index is 13.8. The van der Waals surface area contributed by atoms with Crippen LogP contribution in [0.5, 0.6) is 0 Å². The SMILES string of the molecule is CCN(CCC(CC(CC(F)(C(F)(F)F)C(F)(F)F)C(F)(F)F)C(F)(F)F)CC(=O)OC.O=C=O. The lowest BCUT2D eigenvalue weighted by atomic mass is 9.82. The summed E-state index contributed by atoms with van der Waals surface area (Å²) in [4.78, 5) is 28.4. The predicted octanol–water partition coefficient (Wildman–Crippen LogP) is 5.26. The van der Waals surface area contributed by atoms with Crippen LogP contribution in [-0.4, -0.2) is 74.1 Å². The van der Waals surface area contributed by atoms with E-state index in [1.807, 2.05) is 0 Å². The molecule has 0 saturated carbocycles. The van der Waals surface area contributed by atoms with E-state index in [9.17, 15) is 61.9 Å². The summed E-state index contributed by atoms with van der Waals surface area (Å²) < 4.78 is 173. The van der Waals surface area contributed by atoms with Crippen LogP contribution >= 0.6 is 0 Å². The monoisotopic (exact) mass is 549 g/mol. The second-order valence-corrected chi connectivity index (χ2v) is 7.03. The Kier molecular flexibility index (Phi) is 13.3. The van der Waals surface area contributed by atoms with Gasteiger partial charge in [0.15, 0.2) is 0 Å². The highest BCUT2D eigenvalue weighted by molar-refractivity contribution is 5.71. The minimum Gasteiger partial charge on any atom is -0.468 e. The third-order valence-electron chi connectivity index (χ3n) is 4.74. The number of esters is 1. The molecule has 0 aromatic rings. The van der Waals surface area contributed by atoms with E-state index in [-0.39, 0.29) is 12.7 Å². The van der Waals surface area contributed by atoms with Crippen molar-refractivity contribution in [2.24, 2.45) is 11.8 Å². The summed E-state index contributed by atoms with van der Waals surface area (Å²) in [6.07, 6.45) is -31.7. The fourth-order valence-electron chi connectivity index (χ4n) is 2.76. The maximum absolute atomic E-state index is 13.8. The lowest BCUT2D eigenvalue weighted by molar-refractivity contribution is -0.353. The van der Waals surface area contributed by atoms with E-state index in [1.54, 1.807) is 0 Å². The molecule has 0 aliphatic rings. The molecule has 0 N–H and O–H groups in total. The number of hydrogen-bond donors (Lipinski definition) is 0. The van der Waals surface area contributed by atoms with Gasteiger partial charge < -0.3 is 4.74 Å². The molecular weight excluding hydrogens is 529 g/mol. The number of rotatable bonds is 10. The minimum absolute atomic E-state index is 0.0713. The average molecular weight is 549 g/mol. The number of carbonyl (C=O) groups excluding carboxylic acids is 3. The summed E-state index contributed by atoms with van der Waals surface area (Å²) in [6, 6.07) is 0. The molecule has 0 spiro atoms. The smallest absolute Gasteiger partial charge is 0.431 e. The first-order valence-corrected chi connectivity index (χ1v) is 9.25. The molecular formula is C17H20F13NO4. The molecule has 208 valence electrons. The van der Waals surface area contributed by atoms with Crippen molar-refractivity contribution in [3.05, 3.63) is 0 Å². The van der Waals surface area contributed by atoms with Crippen LogP contribution in [0.2, 0.25) is 0 Å². The van der Waals surface area contributed by atoms with Crippen LogP contribution < -0.4 is 0 Å². The van der Waals surface area contributed by atoms with Gasteiger partial charge in [0.1, 0.15) is 0 Å². The van der Waals surface area contributed by atoms with Gasteiger partial charge in [-0.25, -0.2) is 4.39 Å². The average Bonchev–Trinajstić information content (AvgIpc) is 2.65. The Balaban J connectivity index is 0. The van der Waals surface area contributed by atoms with E-state index in [0.29, 0.717) is 0 Å². The fraction of sp³-hybridized carbons (Fsp3) is 0.882. The zero-order chi connectivity index (χ0) is 28.5. The van der Waals surface area contributed by atoms with Crippen molar-refractivity contribution in [3.8, 4) is 0 Å². The van der Waals surface area contributed by atoms with Gasteiger partial charge in [0.2, 0.25) is 0 Å². The Morgan fingerprint density at radius 2 is 1.23 bits per heavy atom. The van der Waals surface area contributed by atoms with Crippen molar-refractivity contribution in [1.29, 1.82) is 0 Å². The Bertz CT molecular complexity index is 665. The molecule has 0 saturated heterocycles. The summed E-state index contributed by atoms with van der Waals surface area (Å²) in [5, 5.41) is 0. The van der Waals surface area contributed by atoms with Gasteiger partial charge in [0, 0.05) is 6.42 Å². The number of alkyl halides is 13. The molecule has 0 radical (unpaired) electrons. The van der Waals surface area contributed by atoms with Crippen LogP contribution in [0.1, 0.15) is 26.2 Å². The van der Waals surface area contributed by atoms with Crippen molar-refractivity contribution in [1.82, 2.24) is 4.90 Å². The van der Waals surface area contributed by atoms with E-state index in [1.165, 1.54) is 6.92 Å². The van der Waals surface area contributed by atoms with Crippen molar-refractivity contribution in [2.75, 3.05) is 26.7 Å². The molecule has 0 aliphatic heterocycles. The molecule has 18 heteroatoms. The summed E-state index contributed by atoms with van der Waals surface area (Å²) in [5.74, 6) is -7.83. The second-order valence-electron chi connectivity index (χ2n) is 7.03. The van der Waals surface area contributed by atoms with Crippen LogP contribution in [0, 0.1) is 11.8 Å². The Morgan fingerprint density at radius 1 is 0.829 bits per heavy atom. The van der Waals surface area contributed by atoms with Gasteiger partial charge in [0.05, 0.1) is 25.5 Å². The number of likely N-dealkylation sites (N-methyl/N-ethyl adjacent to an activating group) is 1. The Labute approximate surface area is 189 Å². The van der Waals surface area contributed by atoms with Gasteiger partial charge in [0.25, 0.3) is 5.67 Å². The molecule has 0 bridgehead atoms. The Morgan fingerprint density at radius 3 is 1.51 bits per heavy atom. The largest absolute Gasteiger partial charge is 0.468 e. The van der Waals surface area contributed by atoms with E-state index in [2.05, 4.69) is 4.74 Å². The molecule has 0 aliphatic carbocycles. The summed E-state index contributed by atoms with van der Waals surface area (Å²) in [5.41, 5.74) is -6.36. The second kappa shape index (κ2) is 13.3.